The van der Waals surface area contributed by atoms with Gasteiger partial charge in [-0.1, -0.05) is 0 Å². The summed E-state index contributed by atoms with van der Waals surface area (Å²) in [4.78, 5) is 23.4. The van der Waals surface area contributed by atoms with Gasteiger partial charge in [0.2, 0.25) is 0 Å². The molecule has 88 valence electrons. The third kappa shape index (κ3) is 1.89. The summed E-state index contributed by atoms with van der Waals surface area (Å²) < 4.78 is 5.25. The number of nitrogens with one attached hydrogen (secondary N) is 1. The fraction of sp³-hybridized carbons (Fsp3) is 0.364. The zero-order valence-electron chi connectivity index (χ0n) is 9.32. The minimum atomic E-state index is -0.115. The van der Waals surface area contributed by atoms with Crippen molar-refractivity contribution in [2.75, 3.05) is 6.61 Å². The minimum absolute atomic E-state index is 0.115. The van der Waals surface area contributed by atoms with Crippen LogP contribution in [0.25, 0.3) is 11.5 Å². The number of fused-ring (bicyclic) bond motifs is 1. The van der Waals surface area contributed by atoms with Crippen molar-refractivity contribution in [1.82, 2.24) is 15.0 Å². The first kappa shape index (κ1) is 10.6. The van der Waals surface area contributed by atoms with Gasteiger partial charge in [-0.25, -0.2) is 9.97 Å². The van der Waals surface area contributed by atoms with E-state index in [1.165, 1.54) is 0 Å². The molecular formula is C11H11N3O2S. The molecule has 0 aromatic carbocycles. The molecule has 0 atom stereocenters. The van der Waals surface area contributed by atoms with Crippen molar-refractivity contribution in [3.63, 3.8) is 0 Å². The Morgan fingerprint density at radius 2 is 2.35 bits per heavy atom. The second kappa shape index (κ2) is 4.05. The van der Waals surface area contributed by atoms with Gasteiger partial charge in [-0.2, -0.15) is 0 Å². The molecule has 3 rings (SSSR count). The summed E-state index contributed by atoms with van der Waals surface area (Å²) in [5.41, 5.74) is 2.10. The summed E-state index contributed by atoms with van der Waals surface area (Å²) in [5.74, 6) is 0.556. The molecule has 6 heteroatoms. The summed E-state index contributed by atoms with van der Waals surface area (Å²) in [5, 5.41) is 2.86. The third-order valence-electron chi connectivity index (χ3n) is 2.69. The fourth-order valence-electron chi connectivity index (χ4n) is 1.84. The standard InChI is InChI=1S/C11H11N3O2S/c1-6-12-9(5-17-6)10-13-8-2-3-16-4-7(8)11(15)14-10/h5H,2-4H2,1H3,(H,13,14,15). The highest BCUT2D eigenvalue weighted by Gasteiger charge is 2.17. The molecule has 0 bridgehead atoms. The van der Waals surface area contributed by atoms with Gasteiger partial charge in [0.15, 0.2) is 5.82 Å². The van der Waals surface area contributed by atoms with Gasteiger partial charge in [0.05, 0.1) is 29.5 Å². The smallest absolute Gasteiger partial charge is 0.257 e. The van der Waals surface area contributed by atoms with Crippen LogP contribution in [0.4, 0.5) is 0 Å². The lowest BCUT2D eigenvalue weighted by atomic mass is 10.1. The van der Waals surface area contributed by atoms with Crippen LogP contribution in [-0.4, -0.2) is 21.6 Å². The lowest BCUT2D eigenvalue weighted by Crippen LogP contribution is -2.24. The van der Waals surface area contributed by atoms with Crippen molar-refractivity contribution in [2.45, 2.75) is 20.0 Å². The zero-order chi connectivity index (χ0) is 11.8. The number of hydrogen-bond donors (Lipinski definition) is 1. The Kier molecular flexibility index (Phi) is 2.53. The van der Waals surface area contributed by atoms with E-state index in [4.69, 9.17) is 4.74 Å². The molecule has 0 fully saturated rings. The number of H-pyrrole nitrogens is 1. The van der Waals surface area contributed by atoms with Gasteiger partial charge in [-0.15, -0.1) is 11.3 Å². The molecular weight excluding hydrogens is 238 g/mol. The van der Waals surface area contributed by atoms with Crippen molar-refractivity contribution in [3.05, 3.63) is 32.0 Å². The lowest BCUT2D eigenvalue weighted by Gasteiger charge is -2.14. The second-order valence-corrected chi connectivity index (χ2v) is 4.96. The van der Waals surface area contributed by atoms with Gasteiger partial charge in [-0.3, -0.25) is 4.79 Å². The Balaban J connectivity index is 2.13. The summed E-state index contributed by atoms with van der Waals surface area (Å²) in [7, 11) is 0. The molecule has 1 aliphatic heterocycles. The van der Waals surface area contributed by atoms with Gasteiger partial charge < -0.3 is 9.72 Å². The average molecular weight is 249 g/mol. The van der Waals surface area contributed by atoms with Gasteiger partial charge in [0.25, 0.3) is 5.56 Å². The molecule has 3 heterocycles. The first-order valence-electron chi connectivity index (χ1n) is 5.36. The number of nitrogens with zero attached hydrogens (tertiary/aromatic N) is 2. The van der Waals surface area contributed by atoms with Crippen LogP contribution in [0.2, 0.25) is 0 Å². The monoisotopic (exact) mass is 249 g/mol. The van der Waals surface area contributed by atoms with E-state index in [0.717, 1.165) is 16.4 Å². The van der Waals surface area contributed by atoms with Crippen molar-refractivity contribution in [2.24, 2.45) is 0 Å². The molecule has 1 N–H and O–H groups in total. The van der Waals surface area contributed by atoms with Crippen LogP contribution in [0, 0.1) is 6.92 Å². The molecule has 0 aliphatic carbocycles. The van der Waals surface area contributed by atoms with E-state index in [0.29, 0.717) is 31.0 Å². The maximum atomic E-state index is 11.9. The summed E-state index contributed by atoms with van der Waals surface area (Å²) >= 11 is 1.54. The fourth-order valence-corrected chi connectivity index (χ4v) is 2.43. The van der Waals surface area contributed by atoms with Crippen LogP contribution >= 0.6 is 11.3 Å². The molecule has 5 nitrogen and oxygen atoms in total. The summed E-state index contributed by atoms with van der Waals surface area (Å²) in [6.07, 6.45) is 0.690. The predicted molar refractivity (Wildman–Crippen MR) is 64.1 cm³/mol. The van der Waals surface area contributed by atoms with E-state index in [2.05, 4.69) is 15.0 Å². The van der Waals surface area contributed by atoms with Gasteiger partial charge in [-0.05, 0) is 6.92 Å². The highest BCUT2D eigenvalue weighted by atomic mass is 32.1. The second-order valence-electron chi connectivity index (χ2n) is 3.89. The van der Waals surface area contributed by atoms with Crippen molar-refractivity contribution in [1.29, 1.82) is 0 Å². The Labute approximate surface area is 102 Å². The average Bonchev–Trinajstić information content (AvgIpc) is 2.76. The molecule has 0 unspecified atom stereocenters. The van der Waals surface area contributed by atoms with Crippen LogP contribution in [-0.2, 0) is 17.8 Å². The van der Waals surface area contributed by atoms with E-state index >= 15 is 0 Å². The van der Waals surface area contributed by atoms with Crippen LogP contribution in [0.3, 0.4) is 0 Å². The molecule has 1 aliphatic rings. The van der Waals surface area contributed by atoms with Crippen LogP contribution in [0.1, 0.15) is 16.3 Å². The first-order valence-corrected chi connectivity index (χ1v) is 6.24. The molecule has 0 saturated carbocycles. The number of ether oxygens (including phenoxy) is 1. The Hall–Kier alpha value is -1.53. The highest BCUT2D eigenvalue weighted by Crippen LogP contribution is 2.19. The number of aryl methyl sites for hydroxylation is 1. The number of thiazole rings is 1. The van der Waals surface area contributed by atoms with Crippen LogP contribution < -0.4 is 5.56 Å². The van der Waals surface area contributed by atoms with Crippen molar-refractivity contribution in [3.8, 4) is 11.5 Å². The molecule has 0 amide bonds. The molecule has 2 aromatic rings. The number of hydrogen-bond acceptors (Lipinski definition) is 5. The Morgan fingerprint density at radius 1 is 1.47 bits per heavy atom. The zero-order valence-corrected chi connectivity index (χ0v) is 10.1. The lowest BCUT2D eigenvalue weighted by molar-refractivity contribution is 0.108. The highest BCUT2D eigenvalue weighted by molar-refractivity contribution is 7.09. The minimum Gasteiger partial charge on any atom is -0.376 e. The van der Waals surface area contributed by atoms with Gasteiger partial charge >= 0.3 is 0 Å². The number of aromatic amines is 1. The Bertz CT molecular complexity index is 617. The Morgan fingerprint density at radius 3 is 3.12 bits per heavy atom. The molecule has 0 spiro atoms. The molecule has 17 heavy (non-hydrogen) atoms. The third-order valence-corrected chi connectivity index (χ3v) is 3.47. The molecule has 0 saturated heterocycles. The quantitative estimate of drug-likeness (QED) is 0.826. The summed E-state index contributed by atoms with van der Waals surface area (Å²) in [6, 6.07) is 0. The molecule has 0 radical (unpaired) electrons. The van der Waals surface area contributed by atoms with E-state index in [-0.39, 0.29) is 5.56 Å². The van der Waals surface area contributed by atoms with Crippen molar-refractivity contribution < 1.29 is 4.74 Å². The largest absolute Gasteiger partial charge is 0.376 e. The van der Waals surface area contributed by atoms with E-state index in [9.17, 15) is 4.79 Å². The summed E-state index contributed by atoms with van der Waals surface area (Å²) in [6.45, 7) is 2.91. The molecule has 2 aromatic heterocycles. The normalized spacial score (nSPS) is 14.6. The number of rotatable bonds is 1. The number of aromatic nitrogens is 3. The van der Waals surface area contributed by atoms with Crippen LogP contribution in [0.15, 0.2) is 10.2 Å². The van der Waals surface area contributed by atoms with Gasteiger partial charge in [0.1, 0.15) is 5.69 Å². The maximum absolute atomic E-state index is 11.9. The topological polar surface area (TPSA) is 67.9 Å². The van der Waals surface area contributed by atoms with Gasteiger partial charge in [0, 0.05) is 11.8 Å². The maximum Gasteiger partial charge on any atom is 0.257 e. The van der Waals surface area contributed by atoms with E-state index in [1.807, 2.05) is 12.3 Å². The SMILES string of the molecule is Cc1nc(-c2nc3c(c(=O)[nH]2)COCC3)cs1. The first-order chi connectivity index (χ1) is 8.24. The van der Waals surface area contributed by atoms with Crippen molar-refractivity contribution >= 4 is 11.3 Å². The van der Waals surface area contributed by atoms with E-state index in [1.54, 1.807) is 11.3 Å². The van der Waals surface area contributed by atoms with Crippen LogP contribution in [0.5, 0.6) is 0 Å². The van der Waals surface area contributed by atoms with E-state index < -0.39 is 0 Å². The predicted octanol–water partition coefficient (Wildman–Crippen LogP) is 1.27.